The molecule has 1 heterocycles. The fraction of sp³-hybridized carbons (Fsp3) is 0.385. The quantitative estimate of drug-likeness (QED) is 0.808. The SMILES string of the molecule is COCC(C)NCc1cccc2[nH]ccc12. The third-order valence-electron chi connectivity index (χ3n) is 2.74. The molecule has 3 heteroatoms. The van der Waals surface area contributed by atoms with Crippen molar-refractivity contribution < 1.29 is 4.74 Å². The summed E-state index contributed by atoms with van der Waals surface area (Å²) < 4.78 is 5.10. The fourth-order valence-electron chi connectivity index (χ4n) is 1.90. The Bertz CT molecular complexity index is 450. The zero-order valence-corrected chi connectivity index (χ0v) is 9.79. The largest absolute Gasteiger partial charge is 0.383 e. The highest BCUT2D eigenvalue weighted by Gasteiger charge is 2.04. The summed E-state index contributed by atoms with van der Waals surface area (Å²) >= 11 is 0. The van der Waals surface area contributed by atoms with Gasteiger partial charge < -0.3 is 15.0 Å². The van der Waals surface area contributed by atoms with E-state index in [1.807, 2.05) is 6.20 Å². The molecule has 2 rings (SSSR count). The number of rotatable bonds is 5. The maximum atomic E-state index is 5.10. The molecule has 3 nitrogen and oxygen atoms in total. The van der Waals surface area contributed by atoms with Gasteiger partial charge in [0.1, 0.15) is 0 Å². The van der Waals surface area contributed by atoms with Crippen LogP contribution in [0.2, 0.25) is 0 Å². The van der Waals surface area contributed by atoms with Crippen molar-refractivity contribution >= 4 is 10.9 Å². The Balaban J connectivity index is 2.06. The van der Waals surface area contributed by atoms with Crippen LogP contribution in [0.5, 0.6) is 0 Å². The molecule has 0 saturated heterocycles. The Morgan fingerprint density at radius 2 is 2.25 bits per heavy atom. The number of aromatic nitrogens is 1. The van der Waals surface area contributed by atoms with E-state index >= 15 is 0 Å². The first-order chi connectivity index (χ1) is 7.81. The van der Waals surface area contributed by atoms with Gasteiger partial charge in [0.2, 0.25) is 0 Å². The average Bonchev–Trinajstić information content (AvgIpc) is 2.75. The third kappa shape index (κ3) is 2.43. The number of aromatic amines is 1. The highest BCUT2D eigenvalue weighted by atomic mass is 16.5. The molecule has 0 amide bonds. The van der Waals surface area contributed by atoms with Gasteiger partial charge >= 0.3 is 0 Å². The minimum atomic E-state index is 0.374. The van der Waals surface area contributed by atoms with Crippen molar-refractivity contribution in [1.29, 1.82) is 0 Å². The van der Waals surface area contributed by atoms with E-state index < -0.39 is 0 Å². The Hall–Kier alpha value is -1.32. The molecule has 2 N–H and O–H groups in total. The predicted octanol–water partition coefficient (Wildman–Crippen LogP) is 2.29. The summed E-state index contributed by atoms with van der Waals surface area (Å²) in [6.45, 7) is 3.74. The molecule has 0 aliphatic carbocycles. The van der Waals surface area contributed by atoms with E-state index in [1.165, 1.54) is 16.5 Å². The minimum Gasteiger partial charge on any atom is -0.383 e. The molecule has 0 spiro atoms. The molecule has 16 heavy (non-hydrogen) atoms. The Morgan fingerprint density at radius 3 is 3.06 bits per heavy atom. The predicted molar refractivity (Wildman–Crippen MR) is 66.5 cm³/mol. The molecule has 0 saturated carbocycles. The van der Waals surface area contributed by atoms with Crippen molar-refractivity contribution in [3.63, 3.8) is 0 Å². The van der Waals surface area contributed by atoms with E-state index in [0.717, 1.165) is 13.2 Å². The second-order valence-electron chi connectivity index (χ2n) is 4.09. The number of benzene rings is 1. The molecule has 1 aromatic heterocycles. The number of ether oxygens (including phenoxy) is 1. The summed E-state index contributed by atoms with van der Waals surface area (Å²) in [5.41, 5.74) is 2.51. The van der Waals surface area contributed by atoms with Gasteiger partial charge in [0.05, 0.1) is 6.61 Å². The van der Waals surface area contributed by atoms with E-state index in [0.29, 0.717) is 6.04 Å². The lowest BCUT2D eigenvalue weighted by Crippen LogP contribution is -2.29. The van der Waals surface area contributed by atoms with Gasteiger partial charge in [-0.15, -0.1) is 0 Å². The van der Waals surface area contributed by atoms with E-state index in [2.05, 4.69) is 41.5 Å². The van der Waals surface area contributed by atoms with Crippen LogP contribution in [0.25, 0.3) is 10.9 Å². The summed E-state index contributed by atoms with van der Waals surface area (Å²) in [6, 6.07) is 8.82. The monoisotopic (exact) mass is 218 g/mol. The van der Waals surface area contributed by atoms with Gasteiger partial charge in [0.15, 0.2) is 0 Å². The van der Waals surface area contributed by atoms with Crippen molar-refractivity contribution in [3.8, 4) is 0 Å². The summed E-state index contributed by atoms with van der Waals surface area (Å²) in [7, 11) is 1.73. The molecule has 0 fully saturated rings. The summed E-state index contributed by atoms with van der Waals surface area (Å²) in [5.74, 6) is 0. The van der Waals surface area contributed by atoms with Crippen LogP contribution in [0.1, 0.15) is 12.5 Å². The van der Waals surface area contributed by atoms with Crippen LogP contribution in [0.4, 0.5) is 0 Å². The van der Waals surface area contributed by atoms with E-state index in [4.69, 9.17) is 4.74 Å². The number of methoxy groups -OCH3 is 1. The lowest BCUT2D eigenvalue weighted by Gasteiger charge is -2.13. The highest BCUT2D eigenvalue weighted by molar-refractivity contribution is 5.82. The topological polar surface area (TPSA) is 37.0 Å². The molecule has 2 aromatic rings. The van der Waals surface area contributed by atoms with Gasteiger partial charge in [0.25, 0.3) is 0 Å². The zero-order valence-electron chi connectivity index (χ0n) is 9.79. The van der Waals surface area contributed by atoms with Crippen LogP contribution in [0, 0.1) is 0 Å². The first-order valence-corrected chi connectivity index (χ1v) is 5.58. The van der Waals surface area contributed by atoms with Crippen molar-refractivity contribution in [2.24, 2.45) is 0 Å². The van der Waals surface area contributed by atoms with Gasteiger partial charge in [-0.3, -0.25) is 0 Å². The molecule has 1 aromatic carbocycles. The molecule has 0 radical (unpaired) electrons. The Labute approximate surface area is 95.8 Å². The molecular weight excluding hydrogens is 200 g/mol. The summed E-state index contributed by atoms with van der Waals surface area (Å²) in [6.07, 6.45) is 1.98. The molecule has 1 unspecified atom stereocenters. The lowest BCUT2D eigenvalue weighted by molar-refractivity contribution is 0.172. The van der Waals surface area contributed by atoms with Crippen LogP contribution in [0.15, 0.2) is 30.5 Å². The molecule has 0 aliphatic rings. The smallest absolute Gasteiger partial charge is 0.0613 e. The maximum absolute atomic E-state index is 5.10. The Morgan fingerprint density at radius 1 is 1.38 bits per heavy atom. The molecular formula is C13H18N2O. The first-order valence-electron chi connectivity index (χ1n) is 5.58. The first kappa shape index (κ1) is 11.2. The number of hydrogen-bond acceptors (Lipinski definition) is 2. The van der Waals surface area contributed by atoms with Gasteiger partial charge in [-0.05, 0) is 24.6 Å². The van der Waals surface area contributed by atoms with E-state index in [-0.39, 0.29) is 0 Å². The van der Waals surface area contributed by atoms with E-state index in [9.17, 15) is 0 Å². The number of hydrogen-bond donors (Lipinski definition) is 2. The van der Waals surface area contributed by atoms with Crippen molar-refractivity contribution in [1.82, 2.24) is 10.3 Å². The molecule has 86 valence electrons. The second kappa shape index (κ2) is 5.14. The highest BCUT2D eigenvalue weighted by Crippen LogP contribution is 2.17. The number of H-pyrrole nitrogens is 1. The minimum absolute atomic E-state index is 0.374. The van der Waals surface area contributed by atoms with Crippen LogP contribution >= 0.6 is 0 Å². The molecule has 0 bridgehead atoms. The normalized spacial score (nSPS) is 13.1. The molecule has 0 aliphatic heterocycles. The summed E-state index contributed by atoms with van der Waals surface area (Å²) in [5, 5.41) is 4.73. The van der Waals surface area contributed by atoms with Crippen molar-refractivity contribution in [2.45, 2.75) is 19.5 Å². The summed E-state index contributed by atoms with van der Waals surface area (Å²) in [4.78, 5) is 3.22. The van der Waals surface area contributed by atoms with Crippen LogP contribution in [-0.4, -0.2) is 24.7 Å². The third-order valence-corrected chi connectivity index (χ3v) is 2.74. The standard InChI is InChI=1S/C13H18N2O/c1-10(9-16-2)15-8-11-4-3-5-13-12(11)6-7-14-13/h3-7,10,14-15H,8-9H2,1-2H3. The van der Waals surface area contributed by atoms with Crippen LogP contribution in [-0.2, 0) is 11.3 Å². The van der Waals surface area contributed by atoms with Gasteiger partial charge in [-0.2, -0.15) is 0 Å². The van der Waals surface area contributed by atoms with Gasteiger partial charge in [-0.25, -0.2) is 0 Å². The number of fused-ring (bicyclic) bond motifs is 1. The van der Waals surface area contributed by atoms with E-state index in [1.54, 1.807) is 7.11 Å². The lowest BCUT2D eigenvalue weighted by atomic mass is 10.1. The van der Waals surface area contributed by atoms with Crippen LogP contribution in [0.3, 0.4) is 0 Å². The van der Waals surface area contributed by atoms with Gasteiger partial charge in [0, 0.05) is 36.8 Å². The Kier molecular flexibility index (Phi) is 3.59. The van der Waals surface area contributed by atoms with Crippen molar-refractivity contribution in [2.75, 3.05) is 13.7 Å². The van der Waals surface area contributed by atoms with Crippen molar-refractivity contribution in [3.05, 3.63) is 36.0 Å². The van der Waals surface area contributed by atoms with Crippen LogP contribution < -0.4 is 5.32 Å². The zero-order chi connectivity index (χ0) is 11.4. The molecule has 1 atom stereocenters. The second-order valence-corrected chi connectivity index (χ2v) is 4.09. The fourth-order valence-corrected chi connectivity index (χ4v) is 1.90. The average molecular weight is 218 g/mol. The van der Waals surface area contributed by atoms with Gasteiger partial charge in [-0.1, -0.05) is 12.1 Å². The number of nitrogens with one attached hydrogen (secondary N) is 2. The maximum Gasteiger partial charge on any atom is 0.0613 e.